The van der Waals surface area contributed by atoms with Gasteiger partial charge in [0.25, 0.3) is 0 Å². The number of halogens is 1. The van der Waals surface area contributed by atoms with Crippen LogP contribution in [0.4, 0.5) is 5.69 Å². The summed E-state index contributed by atoms with van der Waals surface area (Å²) in [6, 6.07) is 6.67. The summed E-state index contributed by atoms with van der Waals surface area (Å²) < 4.78 is 1.20. The highest BCUT2D eigenvalue weighted by atomic mass is 79.9. The van der Waals surface area contributed by atoms with Crippen LogP contribution in [0.1, 0.15) is 25.3 Å². The van der Waals surface area contributed by atoms with Gasteiger partial charge in [-0.2, -0.15) is 0 Å². The van der Waals surface area contributed by atoms with Crippen molar-refractivity contribution in [3.05, 3.63) is 28.2 Å². The van der Waals surface area contributed by atoms with Gasteiger partial charge in [0.1, 0.15) is 0 Å². The maximum absolute atomic E-state index is 3.69. The number of hydrogen-bond donors (Lipinski definition) is 1. The van der Waals surface area contributed by atoms with E-state index in [-0.39, 0.29) is 0 Å². The Balaban J connectivity index is 1.88. The molecule has 1 aromatic carbocycles. The van der Waals surface area contributed by atoms with Crippen molar-refractivity contribution in [1.29, 1.82) is 0 Å². The van der Waals surface area contributed by atoms with Crippen LogP contribution in [0.25, 0.3) is 0 Å². The summed E-state index contributed by atoms with van der Waals surface area (Å²) >= 11 is 3.69. The Bertz CT molecular complexity index is 416. The van der Waals surface area contributed by atoms with Gasteiger partial charge in [-0.15, -0.1) is 0 Å². The van der Waals surface area contributed by atoms with Gasteiger partial charge in [-0.05, 0) is 50.2 Å². The summed E-state index contributed by atoms with van der Waals surface area (Å²) in [6.45, 7) is 8.89. The maximum atomic E-state index is 3.69. The molecule has 0 amide bonds. The Morgan fingerprint density at radius 3 is 2.70 bits per heavy atom. The summed E-state index contributed by atoms with van der Waals surface area (Å²) in [5.41, 5.74) is 2.61. The molecule has 20 heavy (non-hydrogen) atoms. The van der Waals surface area contributed by atoms with E-state index < -0.39 is 0 Å². The molecule has 0 radical (unpaired) electrons. The molecular weight excluding hydrogens is 314 g/mol. The topological polar surface area (TPSA) is 18.5 Å². The van der Waals surface area contributed by atoms with Gasteiger partial charge < -0.3 is 15.1 Å². The lowest BCUT2D eigenvalue weighted by Crippen LogP contribution is -2.31. The highest BCUT2D eigenvalue weighted by Crippen LogP contribution is 2.23. The van der Waals surface area contributed by atoms with E-state index in [1.807, 2.05) is 0 Å². The molecule has 1 aromatic rings. The molecule has 0 unspecified atom stereocenters. The molecule has 1 fully saturated rings. The van der Waals surface area contributed by atoms with Crippen molar-refractivity contribution < 1.29 is 0 Å². The highest BCUT2D eigenvalue weighted by molar-refractivity contribution is 9.10. The molecule has 112 valence electrons. The van der Waals surface area contributed by atoms with Crippen molar-refractivity contribution in [2.24, 2.45) is 0 Å². The number of nitrogens with one attached hydrogen (secondary N) is 1. The van der Waals surface area contributed by atoms with Gasteiger partial charge in [-0.25, -0.2) is 0 Å². The van der Waals surface area contributed by atoms with Crippen LogP contribution in [-0.2, 0) is 6.54 Å². The van der Waals surface area contributed by atoms with Crippen LogP contribution < -0.4 is 10.2 Å². The molecule has 1 N–H and O–H groups in total. The normalized spacial score (nSPS) is 15.8. The Hall–Kier alpha value is -0.580. The average molecular weight is 340 g/mol. The van der Waals surface area contributed by atoms with Crippen LogP contribution in [0, 0.1) is 0 Å². The minimum Gasteiger partial charge on any atom is -0.373 e. The standard InChI is InChI=1S/C16H26BrN3/c1-3-18-13-14-6-7-15(12-16(14)17)19(2)10-11-20-8-4-5-9-20/h6-7,12,18H,3-5,8-11,13H2,1-2H3. The molecule has 0 saturated carbocycles. The van der Waals surface area contributed by atoms with E-state index in [0.717, 1.165) is 19.6 Å². The monoisotopic (exact) mass is 339 g/mol. The van der Waals surface area contributed by atoms with Crippen LogP contribution in [0.5, 0.6) is 0 Å². The van der Waals surface area contributed by atoms with E-state index in [4.69, 9.17) is 0 Å². The van der Waals surface area contributed by atoms with Crippen molar-refractivity contribution in [2.75, 3.05) is 44.7 Å². The number of rotatable bonds is 7. The van der Waals surface area contributed by atoms with Crippen molar-refractivity contribution >= 4 is 21.6 Å². The zero-order valence-electron chi connectivity index (χ0n) is 12.7. The van der Waals surface area contributed by atoms with E-state index in [0.29, 0.717) is 0 Å². The summed E-state index contributed by atoms with van der Waals surface area (Å²) in [5, 5.41) is 3.37. The SMILES string of the molecule is CCNCc1ccc(N(C)CCN2CCCC2)cc1Br. The molecule has 2 rings (SSSR count). The average Bonchev–Trinajstić information content (AvgIpc) is 2.96. The van der Waals surface area contributed by atoms with Crippen LogP contribution in [0.2, 0.25) is 0 Å². The Morgan fingerprint density at radius 1 is 1.30 bits per heavy atom. The smallest absolute Gasteiger partial charge is 0.0375 e. The van der Waals surface area contributed by atoms with Gasteiger partial charge in [0, 0.05) is 36.8 Å². The quantitative estimate of drug-likeness (QED) is 0.823. The van der Waals surface area contributed by atoms with Crippen molar-refractivity contribution in [1.82, 2.24) is 10.2 Å². The summed E-state index contributed by atoms with van der Waals surface area (Å²) in [5.74, 6) is 0. The second kappa shape index (κ2) is 8.01. The van der Waals surface area contributed by atoms with E-state index in [2.05, 4.69) is 63.2 Å². The zero-order chi connectivity index (χ0) is 14.4. The molecule has 3 nitrogen and oxygen atoms in total. The molecule has 1 saturated heterocycles. The fourth-order valence-electron chi connectivity index (χ4n) is 2.60. The maximum Gasteiger partial charge on any atom is 0.0375 e. The van der Waals surface area contributed by atoms with Crippen LogP contribution in [-0.4, -0.2) is 44.7 Å². The van der Waals surface area contributed by atoms with E-state index in [1.165, 1.54) is 48.2 Å². The number of nitrogens with zero attached hydrogens (tertiary/aromatic N) is 2. The first-order chi connectivity index (χ1) is 9.70. The first kappa shape index (κ1) is 15.8. The van der Waals surface area contributed by atoms with Gasteiger partial charge >= 0.3 is 0 Å². The highest BCUT2D eigenvalue weighted by Gasteiger charge is 2.12. The minimum atomic E-state index is 0.925. The van der Waals surface area contributed by atoms with Crippen molar-refractivity contribution in [3.8, 4) is 0 Å². The molecular formula is C16H26BrN3. The van der Waals surface area contributed by atoms with Gasteiger partial charge in [-0.1, -0.05) is 28.9 Å². The first-order valence-electron chi connectivity index (χ1n) is 7.63. The molecule has 0 atom stereocenters. The number of hydrogen-bond acceptors (Lipinski definition) is 3. The third kappa shape index (κ3) is 4.47. The lowest BCUT2D eigenvalue weighted by Gasteiger charge is -2.23. The zero-order valence-corrected chi connectivity index (χ0v) is 14.2. The molecule has 0 spiro atoms. The molecule has 0 aromatic heterocycles. The Morgan fingerprint density at radius 2 is 2.05 bits per heavy atom. The summed E-state index contributed by atoms with van der Waals surface area (Å²) in [7, 11) is 2.18. The lowest BCUT2D eigenvalue weighted by atomic mass is 10.2. The lowest BCUT2D eigenvalue weighted by molar-refractivity contribution is 0.346. The van der Waals surface area contributed by atoms with Gasteiger partial charge in [0.2, 0.25) is 0 Å². The molecule has 1 aliphatic rings. The van der Waals surface area contributed by atoms with Crippen molar-refractivity contribution in [2.45, 2.75) is 26.3 Å². The number of likely N-dealkylation sites (tertiary alicyclic amines) is 1. The van der Waals surface area contributed by atoms with E-state index >= 15 is 0 Å². The largest absolute Gasteiger partial charge is 0.373 e. The second-order valence-electron chi connectivity index (χ2n) is 5.53. The van der Waals surface area contributed by atoms with Crippen LogP contribution >= 0.6 is 15.9 Å². The molecule has 0 aliphatic carbocycles. The van der Waals surface area contributed by atoms with Gasteiger partial charge in [0.05, 0.1) is 0 Å². The van der Waals surface area contributed by atoms with Crippen LogP contribution in [0.15, 0.2) is 22.7 Å². The number of anilines is 1. The third-order valence-corrected chi connectivity index (χ3v) is 4.73. The minimum absolute atomic E-state index is 0.925. The molecule has 0 bridgehead atoms. The Labute approximate surface area is 131 Å². The molecule has 1 aliphatic heterocycles. The fourth-order valence-corrected chi connectivity index (χ4v) is 3.11. The van der Waals surface area contributed by atoms with Crippen LogP contribution in [0.3, 0.4) is 0 Å². The van der Waals surface area contributed by atoms with Crippen molar-refractivity contribution in [3.63, 3.8) is 0 Å². The van der Waals surface area contributed by atoms with Gasteiger partial charge in [-0.3, -0.25) is 0 Å². The number of likely N-dealkylation sites (N-methyl/N-ethyl adjacent to an activating group) is 1. The number of benzene rings is 1. The Kier molecular flexibility index (Phi) is 6.33. The van der Waals surface area contributed by atoms with Gasteiger partial charge in [0.15, 0.2) is 0 Å². The summed E-state index contributed by atoms with van der Waals surface area (Å²) in [6.07, 6.45) is 2.74. The predicted molar refractivity (Wildman–Crippen MR) is 90.5 cm³/mol. The van der Waals surface area contributed by atoms with E-state index in [9.17, 15) is 0 Å². The summed E-state index contributed by atoms with van der Waals surface area (Å²) in [4.78, 5) is 4.91. The predicted octanol–water partition coefficient (Wildman–Crippen LogP) is 3.09. The first-order valence-corrected chi connectivity index (χ1v) is 8.42. The second-order valence-corrected chi connectivity index (χ2v) is 6.38. The molecule has 4 heteroatoms. The molecule has 1 heterocycles. The third-order valence-electron chi connectivity index (χ3n) is 3.99. The fraction of sp³-hybridized carbons (Fsp3) is 0.625. The van der Waals surface area contributed by atoms with E-state index in [1.54, 1.807) is 0 Å².